The number of carboxylic acid groups (broad SMARTS) is 1. The molecule has 0 aromatic heterocycles. The molecule has 0 radical (unpaired) electrons. The first-order valence-corrected chi connectivity index (χ1v) is 25.5. The number of carbonyl (C=O) groups is 1. The molecule has 0 bridgehead atoms. The number of hydrogen-bond acceptors (Lipinski definition) is 6. The van der Waals surface area contributed by atoms with Gasteiger partial charge in [-0.2, -0.15) is 0 Å². The molecule has 0 aromatic rings. The fraction of sp³-hybridized carbons (Fsp3) is 0.981. The van der Waals surface area contributed by atoms with Gasteiger partial charge in [0.25, 0.3) is 0 Å². The van der Waals surface area contributed by atoms with E-state index < -0.39 is 5.97 Å². The molecule has 0 heterocycles. The largest absolute Gasteiger partial charge is 0.481 e. The zero-order chi connectivity index (χ0) is 42.8. The molecule has 0 spiro atoms. The molecule has 356 valence electrons. The molecule has 8 aliphatic carbocycles. The van der Waals surface area contributed by atoms with E-state index in [0.29, 0.717) is 94.4 Å². The fourth-order valence-electron chi connectivity index (χ4n) is 19.0. The maximum atomic E-state index is 11.7. The second-order valence-corrected chi connectivity index (χ2v) is 24.0. The van der Waals surface area contributed by atoms with E-state index in [9.17, 15) is 30.3 Å². The molecule has 0 unspecified atom stereocenters. The molecule has 8 saturated carbocycles. The van der Waals surface area contributed by atoms with Crippen LogP contribution in [0, 0.1) is 105 Å². The van der Waals surface area contributed by atoms with Crippen molar-refractivity contribution in [3.8, 4) is 0 Å². The molecule has 0 saturated heterocycles. The summed E-state index contributed by atoms with van der Waals surface area (Å²) in [5.74, 6) is 6.55. The molecule has 0 aromatic carbocycles. The number of aliphatic hydroxyl groups excluding tert-OH is 5. The molecular formula is C54H98O7. The number of hydrogen-bond donors (Lipinski definition) is 6. The SMILES string of the molecule is C.C.CC[C@H]1[C@@H](O)[C@@H]2[C@H](CC[C@]3(C)[C@@H]([C@H](C)CCC(=O)O)CC[C@@H]23)[C@@]2(C)CC[C@@H](O)C[C@@H]12.CC[C@H]1[C@@H](O)[C@@H]2[C@H](CC[C@]3(C)[C@@H]([C@H](C)CCCO)CC[C@@H]23)[C@@]2(C)CC[C@@H](O)C[C@@H]12. The molecule has 7 nitrogen and oxygen atoms in total. The molecule has 22 atom stereocenters. The number of aliphatic hydroxyl groups is 5. The minimum absolute atomic E-state index is 0. The van der Waals surface area contributed by atoms with E-state index in [0.717, 1.165) is 76.5 Å². The monoisotopic (exact) mass is 859 g/mol. The molecule has 61 heavy (non-hydrogen) atoms. The minimum atomic E-state index is -0.683. The van der Waals surface area contributed by atoms with Gasteiger partial charge < -0.3 is 30.6 Å². The first-order chi connectivity index (χ1) is 27.9. The third kappa shape index (κ3) is 8.61. The van der Waals surface area contributed by atoms with E-state index in [2.05, 4.69) is 55.4 Å². The summed E-state index contributed by atoms with van der Waals surface area (Å²) < 4.78 is 0. The van der Waals surface area contributed by atoms with Crippen molar-refractivity contribution >= 4 is 5.97 Å². The normalized spacial score (nSPS) is 50.6. The van der Waals surface area contributed by atoms with Crippen molar-refractivity contribution in [3.63, 3.8) is 0 Å². The Kier molecular flexibility index (Phi) is 16.5. The van der Waals surface area contributed by atoms with E-state index in [1.165, 1.54) is 51.4 Å². The van der Waals surface area contributed by atoms with Gasteiger partial charge in [0, 0.05) is 13.0 Å². The fourth-order valence-corrected chi connectivity index (χ4v) is 19.0. The quantitative estimate of drug-likeness (QED) is 0.129. The van der Waals surface area contributed by atoms with Gasteiger partial charge in [0.1, 0.15) is 0 Å². The van der Waals surface area contributed by atoms with Crippen LogP contribution >= 0.6 is 0 Å². The molecule has 8 aliphatic rings. The lowest BCUT2D eigenvalue weighted by Gasteiger charge is -2.64. The highest BCUT2D eigenvalue weighted by Crippen LogP contribution is 2.71. The van der Waals surface area contributed by atoms with Crippen molar-refractivity contribution < 1.29 is 35.4 Å². The Morgan fingerprint density at radius 1 is 0.557 bits per heavy atom. The van der Waals surface area contributed by atoms with Gasteiger partial charge in [-0.3, -0.25) is 4.79 Å². The Hall–Kier alpha value is -0.730. The van der Waals surface area contributed by atoms with Crippen LogP contribution < -0.4 is 0 Å². The number of fused-ring (bicyclic) bond motifs is 10. The van der Waals surface area contributed by atoms with Gasteiger partial charge in [0.05, 0.1) is 24.4 Å². The molecular weight excluding hydrogens is 761 g/mol. The van der Waals surface area contributed by atoms with Gasteiger partial charge in [-0.05, 0) is 214 Å². The molecule has 7 heteroatoms. The van der Waals surface area contributed by atoms with Crippen molar-refractivity contribution in [2.45, 2.75) is 223 Å². The van der Waals surface area contributed by atoms with Gasteiger partial charge in [-0.15, -0.1) is 0 Å². The van der Waals surface area contributed by atoms with Crippen LogP contribution in [0.25, 0.3) is 0 Å². The third-order valence-corrected chi connectivity index (χ3v) is 21.9. The van der Waals surface area contributed by atoms with E-state index in [1.54, 1.807) is 0 Å². The lowest BCUT2D eigenvalue weighted by atomic mass is 9.41. The van der Waals surface area contributed by atoms with Gasteiger partial charge in [-0.1, -0.05) is 83.1 Å². The summed E-state index contributed by atoms with van der Waals surface area (Å²) in [6.45, 7) is 19.5. The minimum Gasteiger partial charge on any atom is -0.481 e. The Balaban J connectivity index is 0.000000224. The summed E-state index contributed by atoms with van der Waals surface area (Å²) >= 11 is 0. The van der Waals surface area contributed by atoms with Crippen molar-refractivity contribution in [1.82, 2.24) is 0 Å². The smallest absolute Gasteiger partial charge is 0.303 e. The number of aliphatic carboxylic acids is 1. The summed E-state index contributed by atoms with van der Waals surface area (Å²) in [5, 5.41) is 62.7. The van der Waals surface area contributed by atoms with Crippen LogP contribution in [0.5, 0.6) is 0 Å². The molecule has 8 fully saturated rings. The summed E-state index contributed by atoms with van der Waals surface area (Å²) in [5.41, 5.74) is 1.13. The van der Waals surface area contributed by atoms with Crippen LogP contribution in [0.4, 0.5) is 0 Å². The molecule has 0 amide bonds. The van der Waals surface area contributed by atoms with Crippen molar-refractivity contribution in [3.05, 3.63) is 0 Å². The van der Waals surface area contributed by atoms with E-state index in [-0.39, 0.29) is 56.5 Å². The Morgan fingerprint density at radius 2 is 0.934 bits per heavy atom. The van der Waals surface area contributed by atoms with E-state index >= 15 is 0 Å². The zero-order valence-electron chi connectivity index (χ0n) is 38.8. The zero-order valence-corrected chi connectivity index (χ0v) is 38.8. The second-order valence-electron chi connectivity index (χ2n) is 24.0. The number of carboxylic acids is 1. The third-order valence-electron chi connectivity index (χ3n) is 21.9. The highest BCUT2D eigenvalue weighted by Gasteiger charge is 2.66. The summed E-state index contributed by atoms with van der Waals surface area (Å²) in [4.78, 5) is 11.1. The molecule has 6 N–H and O–H groups in total. The van der Waals surface area contributed by atoms with Crippen molar-refractivity contribution in [2.24, 2.45) is 105 Å². The Bertz CT molecular complexity index is 1440. The average molecular weight is 859 g/mol. The molecule has 8 rings (SSSR count). The van der Waals surface area contributed by atoms with Crippen molar-refractivity contribution in [1.29, 1.82) is 0 Å². The average Bonchev–Trinajstić information content (AvgIpc) is 3.74. The van der Waals surface area contributed by atoms with Crippen LogP contribution in [-0.4, -0.2) is 67.6 Å². The predicted molar refractivity (Wildman–Crippen MR) is 249 cm³/mol. The van der Waals surface area contributed by atoms with Crippen LogP contribution in [0.3, 0.4) is 0 Å². The summed E-state index contributed by atoms with van der Waals surface area (Å²) in [6, 6.07) is 0. The van der Waals surface area contributed by atoms with Crippen LogP contribution in [0.1, 0.15) is 199 Å². The maximum Gasteiger partial charge on any atom is 0.303 e. The number of rotatable bonds is 10. The molecule has 0 aliphatic heterocycles. The summed E-state index contributed by atoms with van der Waals surface area (Å²) in [7, 11) is 0. The van der Waals surface area contributed by atoms with Crippen molar-refractivity contribution in [2.75, 3.05) is 6.61 Å². The standard InChI is InChI=1S/C26H44O4.C26H46O3.2CH4/c1-5-17-21-14-16(27)10-12-26(21,4)20-11-13-25(3)18(15(2)6-9-22(28)29)7-8-19(25)23(20)24(17)30;1-5-18-22-15-17(28)10-12-26(22,4)21-11-13-25(3)19(16(2)7-6-14-27)8-9-20(25)23(21)24(18)29;;/h15-21,23-24,27,30H,5-14H2,1-4H3,(H,28,29);16-24,27-29H,5-15H2,1-4H3;2*1H4/t15-,16-,17-,18-,19+,20+,21+,23+,24-,25-,26-;16-,17-,18-,19-,20+,21+,22+,23+,24-,25-,26-;;/m11../s1. The van der Waals surface area contributed by atoms with Gasteiger partial charge in [0.2, 0.25) is 0 Å². The van der Waals surface area contributed by atoms with E-state index in [4.69, 9.17) is 5.11 Å². The van der Waals surface area contributed by atoms with E-state index in [1.807, 2.05) is 0 Å². The van der Waals surface area contributed by atoms with Gasteiger partial charge in [0.15, 0.2) is 0 Å². The predicted octanol–water partition coefficient (Wildman–Crippen LogP) is 11.4. The van der Waals surface area contributed by atoms with Crippen LogP contribution in [-0.2, 0) is 4.79 Å². The summed E-state index contributed by atoms with van der Waals surface area (Å²) in [6.07, 6.45) is 20.2. The second kappa shape index (κ2) is 19.6. The van der Waals surface area contributed by atoms with Crippen LogP contribution in [0.2, 0.25) is 0 Å². The maximum absolute atomic E-state index is 11.7. The van der Waals surface area contributed by atoms with Gasteiger partial charge >= 0.3 is 5.97 Å². The Labute approximate surface area is 374 Å². The highest BCUT2D eigenvalue weighted by atomic mass is 16.4. The first-order valence-electron chi connectivity index (χ1n) is 25.5. The topological polar surface area (TPSA) is 138 Å². The lowest BCUT2D eigenvalue weighted by molar-refractivity contribution is -0.203. The van der Waals surface area contributed by atoms with Crippen LogP contribution in [0.15, 0.2) is 0 Å². The first kappa shape index (κ1) is 51.3. The lowest BCUT2D eigenvalue weighted by Crippen LogP contribution is -2.62. The Morgan fingerprint density at radius 3 is 1.31 bits per heavy atom. The van der Waals surface area contributed by atoms with Gasteiger partial charge in [-0.25, -0.2) is 0 Å². The highest BCUT2D eigenvalue weighted by molar-refractivity contribution is 5.66.